The van der Waals surface area contributed by atoms with Crippen molar-refractivity contribution >= 4 is 33.3 Å². The second kappa shape index (κ2) is 6.42. The number of halogens is 2. The van der Waals surface area contributed by atoms with E-state index in [0.717, 1.165) is 23.3 Å². The molecule has 0 saturated carbocycles. The van der Waals surface area contributed by atoms with E-state index >= 15 is 0 Å². The van der Waals surface area contributed by atoms with Crippen molar-refractivity contribution in [2.24, 2.45) is 5.73 Å². The third kappa shape index (κ3) is 3.61. The molecule has 0 bridgehead atoms. The topological polar surface area (TPSA) is 42.1 Å². The van der Waals surface area contributed by atoms with Crippen molar-refractivity contribution < 1.29 is 0 Å². The highest BCUT2D eigenvalue weighted by atomic mass is 79.9. The lowest BCUT2D eigenvalue weighted by atomic mass is 10.2. The molecule has 1 rings (SSSR count). The maximum absolute atomic E-state index is 5.87. The largest absolute Gasteiger partial charge is 0.353 e. The van der Waals surface area contributed by atoms with Gasteiger partial charge < -0.3 is 10.6 Å². The molecule has 5 heteroatoms. The van der Waals surface area contributed by atoms with Crippen molar-refractivity contribution in [1.29, 1.82) is 0 Å². The van der Waals surface area contributed by atoms with Gasteiger partial charge in [0.05, 0.1) is 9.50 Å². The predicted molar refractivity (Wildman–Crippen MR) is 73.1 cm³/mol. The Hall–Kier alpha value is -0.320. The molecule has 3 nitrogen and oxygen atoms in total. The summed E-state index contributed by atoms with van der Waals surface area (Å²) in [5.41, 5.74) is 5.54. The Morgan fingerprint density at radius 2 is 2.25 bits per heavy atom. The third-order valence-electron chi connectivity index (χ3n) is 2.29. The van der Waals surface area contributed by atoms with Crippen LogP contribution in [0.3, 0.4) is 0 Å². The molecule has 0 saturated heterocycles. The van der Waals surface area contributed by atoms with Crippen LogP contribution in [0.15, 0.2) is 16.7 Å². The molecule has 0 unspecified atom stereocenters. The monoisotopic (exact) mass is 305 g/mol. The molecule has 0 aliphatic heterocycles. The van der Waals surface area contributed by atoms with Gasteiger partial charge in [0.25, 0.3) is 0 Å². The van der Waals surface area contributed by atoms with Crippen molar-refractivity contribution in [2.45, 2.75) is 26.3 Å². The lowest BCUT2D eigenvalue weighted by Crippen LogP contribution is -2.33. The van der Waals surface area contributed by atoms with Gasteiger partial charge in [0.1, 0.15) is 5.82 Å². The van der Waals surface area contributed by atoms with Crippen molar-refractivity contribution in [1.82, 2.24) is 4.98 Å². The van der Waals surface area contributed by atoms with E-state index in [4.69, 9.17) is 17.3 Å². The van der Waals surface area contributed by atoms with Gasteiger partial charge in [0.2, 0.25) is 0 Å². The third-order valence-corrected chi connectivity index (χ3v) is 3.08. The molecule has 0 amide bonds. The summed E-state index contributed by atoms with van der Waals surface area (Å²) < 4.78 is 0.922. The quantitative estimate of drug-likeness (QED) is 0.909. The fourth-order valence-corrected chi connectivity index (χ4v) is 2.36. The molecule has 1 aromatic rings. The first kappa shape index (κ1) is 13.7. The highest BCUT2D eigenvalue weighted by Gasteiger charge is 2.14. The fourth-order valence-electron chi connectivity index (χ4n) is 1.49. The van der Waals surface area contributed by atoms with Crippen LogP contribution in [-0.4, -0.2) is 24.1 Å². The average Bonchev–Trinajstić information content (AvgIpc) is 2.20. The van der Waals surface area contributed by atoms with Gasteiger partial charge in [-0.3, -0.25) is 0 Å². The van der Waals surface area contributed by atoms with E-state index in [0.29, 0.717) is 17.6 Å². The Bertz CT molecular complexity index is 344. The van der Waals surface area contributed by atoms with E-state index < -0.39 is 0 Å². The summed E-state index contributed by atoms with van der Waals surface area (Å²) in [5, 5.41) is 0.637. The molecule has 1 aromatic heterocycles. The van der Waals surface area contributed by atoms with Gasteiger partial charge in [-0.2, -0.15) is 0 Å². The van der Waals surface area contributed by atoms with E-state index in [1.807, 2.05) is 6.07 Å². The number of pyridine rings is 1. The Kier molecular flexibility index (Phi) is 5.52. The zero-order valence-corrected chi connectivity index (χ0v) is 11.9. The summed E-state index contributed by atoms with van der Waals surface area (Å²) in [5.74, 6) is 0.924. The Labute approximate surface area is 110 Å². The summed E-state index contributed by atoms with van der Waals surface area (Å²) in [6.07, 6.45) is 2.62. The maximum atomic E-state index is 5.87. The van der Waals surface area contributed by atoms with E-state index in [-0.39, 0.29) is 0 Å². The molecule has 90 valence electrons. The Morgan fingerprint density at radius 1 is 1.56 bits per heavy atom. The molecule has 2 N–H and O–H groups in total. The van der Waals surface area contributed by atoms with Gasteiger partial charge in [-0.15, -0.1) is 0 Å². The molecular weight excluding hydrogens is 289 g/mol. The van der Waals surface area contributed by atoms with E-state index in [2.05, 4.69) is 39.7 Å². The van der Waals surface area contributed by atoms with Crippen LogP contribution < -0.4 is 10.6 Å². The standard InChI is InChI=1S/C11H17BrClN3/c1-8(2)16(5-3-4-14)11-10(12)6-9(13)7-15-11/h6-8H,3-5,14H2,1-2H3. The van der Waals surface area contributed by atoms with Crippen LogP contribution in [0.1, 0.15) is 20.3 Å². The number of hydrogen-bond acceptors (Lipinski definition) is 3. The maximum Gasteiger partial charge on any atom is 0.143 e. The minimum absolute atomic E-state index is 0.386. The van der Waals surface area contributed by atoms with Crippen LogP contribution in [0.25, 0.3) is 0 Å². The minimum atomic E-state index is 0.386. The molecule has 0 atom stereocenters. The minimum Gasteiger partial charge on any atom is -0.353 e. The average molecular weight is 307 g/mol. The molecular formula is C11H17BrClN3. The van der Waals surface area contributed by atoms with Crippen LogP contribution in [-0.2, 0) is 0 Å². The molecule has 0 radical (unpaired) electrons. The number of nitrogens with two attached hydrogens (primary N) is 1. The Morgan fingerprint density at radius 3 is 2.75 bits per heavy atom. The normalized spacial score (nSPS) is 10.9. The second-order valence-electron chi connectivity index (χ2n) is 3.89. The number of aromatic nitrogens is 1. The SMILES string of the molecule is CC(C)N(CCCN)c1ncc(Cl)cc1Br. The summed E-state index contributed by atoms with van der Waals surface area (Å²) >= 11 is 9.36. The second-order valence-corrected chi connectivity index (χ2v) is 5.18. The van der Waals surface area contributed by atoms with Gasteiger partial charge in [-0.1, -0.05) is 11.6 Å². The van der Waals surface area contributed by atoms with E-state index in [1.165, 1.54) is 0 Å². The number of rotatable bonds is 5. The van der Waals surface area contributed by atoms with Gasteiger partial charge in [0.15, 0.2) is 0 Å². The zero-order valence-electron chi connectivity index (χ0n) is 9.58. The summed E-state index contributed by atoms with van der Waals surface area (Å²) in [4.78, 5) is 6.57. The molecule has 0 aliphatic rings. The first-order valence-electron chi connectivity index (χ1n) is 5.34. The van der Waals surface area contributed by atoms with Crippen molar-refractivity contribution in [2.75, 3.05) is 18.0 Å². The van der Waals surface area contributed by atoms with Crippen LogP contribution >= 0.6 is 27.5 Å². The summed E-state index contributed by atoms with van der Waals surface area (Å²) in [6.45, 7) is 5.87. The van der Waals surface area contributed by atoms with Crippen LogP contribution in [0.5, 0.6) is 0 Å². The van der Waals surface area contributed by atoms with Crippen LogP contribution in [0.4, 0.5) is 5.82 Å². The highest BCUT2D eigenvalue weighted by molar-refractivity contribution is 9.10. The van der Waals surface area contributed by atoms with Gasteiger partial charge >= 0.3 is 0 Å². The van der Waals surface area contributed by atoms with Crippen molar-refractivity contribution in [3.05, 3.63) is 21.8 Å². The molecule has 16 heavy (non-hydrogen) atoms. The number of hydrogen-bond donors (Lipinski definition) is 1. The van der Waals surface area contributed by atoms with Gasteiger partial charge in [-0.05, 0) is 48.8 Å². The Balaban J connectivity index is 2.92. The van der Waals surface area contributed by atoms with E-state index in [1.54, 1.807) is 6.20 Å². The molecule has 0 spiro atoms. The van der Waals surface area contributed by atoms with Crippen molar-refractivity contribution in [3.63, 3.8) is 0 Å². The fraction of sp³-hybridized carbons (Fsp3) is 0.545. The lowest BCUT2D eigenvalue weighted by Gasteiger charge is -2.28. The number of nitrogens with zero attached hydrogens (tertiary/aromatic N) is 2. The molecule has 0 fully saturated rings. The molecule has 1 heterocycles. The van der Waals surface area contributed by atoms with Crippen LogP contribution in [0, 0.1) is 0 Å². The lowest BCUT2D eigenvalue weighted by molar-refractivity contribution is 0.647. The first-order valence-corrected chi connectivity index (χ1v) is 6.51. The van der Waals surface area contributed by atoms with E-state index in [9.17, 15) is 0 Å². The van der Waals surface area contributed by atoms with Crippen molar-refractivity contribution in [3.8, 4) is 0 Å². The smallest absolute Gasteiger partial charge is 0.143 e. The van der Waals surface area contributed by atoms with Crippen LogP contribution in [0.2, 0.25) is 5.02 Å². The van der Waals surface area contributed by atoms with Gasteiger partial charge in [0, 0.05) is 18.8 Å². The zero-order chi connectivity index (χ0) is 12.1. The highest BCUT2D eigenvalue weighted by Crippen LogP contribution is 2.27. The first-order chi connectivity index (χ1) is 7.56. The number of anilines is 1. The predicted octanol–water partition coefficient (Wildman–Crippen LogP) is 3.06. The van der Waals surface area contributed by atoms with Gasteiger partial charge in [-0.25, -0.2) is 4.98 Å². The summed E-state index contributed by atoms with van der Waals surface area (Å²) in [6, 6.07) is 2.25. The molecule has 0 aromatic carbocycles. The summed E-state index contributed by atoms with van der Waals surface area (Å²) in [7, 11) is 0. The molecule has 0 aliphatic carbocycles.